The third-order valence-corrected chi connectivity index (χ3v) is 17.6. The molecule has 0 unspecified atom stereocenters. The Bertz CT molecular complexity index is 918. The molecule has 3 rings (SSSR count). The summed E-state index contributed by atoms with van der Waals surface area (Å²) in [5.41, 5.74) is -0.288. The summed E-state index contributed by atoms with van der Waals surface area (Å²) in [6.45, 7) is 24.9. The molecule has 4 atom stereocenters. The molecule has 7 nitrogen and oxygen atoms in total. The van der Waals surface area contributed by atoms with E-state index in [9.17, 15) is 4.79 Å². The van der Waals surface area contributed by atoms with Crippen molar-refractivity contribution in [3.63, 3.8) is 0 Å². The fourth-order valence-corrected chi connectivity index (χ4v) is 11.6. The van der Waals surface area contributed by atoms with Crippen LogP contribution in [0.2, 0.25) is 28.2 Å². The van der Waals surface area contributed by atoms with Crippen molar-refractivity contribution < 1.29 is 18.0 Å². The molecule has 2 saturated heterocycles. The van der Waals surface area contributed by atoms with E-state index in [-0.39, 0.29) is 39.0 Å². The topological polar surface area (TPSA) is 71.8 Å². The SMILES string of the molecule is CC(C)(C)[Si](C)(C)O[C@@H]1[C@@H]2O[Si](C(C)(C)C)(C(C)(C)C)OC[C@H]2O[C@H]1n1ccc(=O)nc1[Se]. The van der Waals surface area contributed by atoms with Crippen molar-refractivity contribution in [1.82, 2.24) is 9.55 Å². The number of hydrogen-bond donors (Lipinski definition) is 0. The van der Waals surface area contributed by atoms with E-state index in [1.807, 2.05) is 4.57 Å². The summed E-state index contributed by atoms with van der Waals surface area (Å²) in [6, 6.07) is 1.45. The van der Waals surface area contributed by atoms with Gasteiger partial charge in [0.1, 0.15) is 0 Å². The summed E-state index contributed by atoms with van der Waals surface area (Å²) < 4.78 is 29.6. The number of hydrogen-bond acceptors (Lipinski definition) is 6. The molecule has 0 aromatic carbocycles. The Balaban J connectivity index is 2.10. The molecule has 2 fully saturated rings. The molecule has 3 heterocycles. The zero-order valence-corrected chi connectivity index (χ0v) is 25.7. The van der Waals surface area contributed by atoms with Crippen LogP contribution in [0, 0.1) is 0 Å². The molecule has 33 heavy (non-hydrogen) atoms. The molecule has 1 radical (unpaired) electrons. The van der Waals surface area contributed by atoms with E-state index >= 15 is 0 Å². The first-order chi connectivity index (χ1) is 14.8. The van der Waals surface area contributed by atoms with Gasteiger partial charge < -0.3 is 0 Å². The van der Waals surface area contributed by atoms with Crippen molar-refractivity contribution in [2.75, 3.05) is 6.61 Å². The van der Waals surface area contributed by atoms with Crippen molar-refractivity contribution >= 4 is 37.6 Å². The molecule has 187 valence electrons. The van der Waals surface area contributed by atoms with E-state index in [4.69, 9.17) is 18.0 Å². The van der Waals surface area contributed by atoms with Gasteiger partial charge in [-0.15, -0.1) is 0 Å². The Morgan fingerprint density at radius 1 is 1.12 bits per heavy atom. The van der Waals surface area contributed by atoms with E-state index in [1.54, 1.807) is 6.20 Å². The minimum absolute atomic E-state index is 0.0202. The van der Waals surface area contributed by atoms with Gasteiger partial charge in [-0.2, -0.15) is 0 Å². The molecule has 0 N–H and O–H groups in total. The zero-order valence-electron chi connectivity index (χ0n) is 22.0. The summed E-state index contributed by atoms with van der Waals surface area (Å²) in [5.74, 6) is 0. The van der Waals surface area contributed by atoms with E-state index in [1.165, 1.54) is 6.07 Å². The Labute approximate surface area is 209 Å². The predicted octanol–water partition coefficient (Wildman–Crippen LogP) is 3.78. The molecule has 0 bridgehead atoms. The molecule has 1 aromatic heterocycles. The molecule has 0 saturated carbocycles. The maximum absolute atomic E-state index is 11.8. The molecule has 2 aliphatic rings. The Morgan fingerprint density at radius 2 is 1.70 bits per heavy atom. The predicted molar refractivity (Wildman–Crippen MR) is 136 cm³/mol. The van der Waals surface area contributed by atoms with Crippen LogP contribution in [0.3, 0.4) is 0 Å². The van der Waals surface area contributed by atoms with Gasteiger partial charge in [-0.25, -0.2) is 0 Å². The minimum atomic E-state index is -2.72. The van der Waals surface area contributed by atoms with Crippen molar-refractivity contribution in [3.8, 4) is 0 Å². The molecule has 2 aliphatic heterocycles. The molecule has 0 aliphatic carbocycles. The molecule has 1 aromatic rings. The molecule has 0 spiro atoms. The normalized spacial score (nSPS) is 28.6. The van der Waals surface area contributed by atoms with Crippen LogP contribution in [-0.2, 0) is 18.0 Å². The summed E-state index contributed by atoms with van der Waals surface area (Å²) in [4.78, 5) is 15.9. The van der Waals surface area contributed by atoms with Crippen LogP contribution in [0.1, 0.15) is 68.5 Å². The van der Waals surface area contributed by atoms with Gasteiger partial charge in [0.2, 0.25) is 0 Å². The third kappa shape index (κ3) is 4.87. The average molecular weight is 561 g/mol. The first kappa shape index (κ1) is 27.3. The second-order valence-corrected chi connectivity index (χ2v) is 23.2. The Morgan fingerprint density at radius 3 is 2.18 bits per heavy atom. The van der Waals surface area contributed by atoms with Gasteiger partial charge >= 0.3 is 209 Å². The summed E-state index contributed by atoms with van der Waals surface area (Å²) in [6.07, 6.45) is 0.403. The van der Waals surface area contributed by atoms with Crippen molar-refractivity contribution in [1.29, 1.82) is 0 Å². The van der Waals surface area contributed by atoms with Crippen molar-refractivity contribution in [2.24, 2.45) is 0 Å². The number of nitrogens with zero attached hydrogens (tertiary/aromatic N) is 2. The maximum atomic E-state index is 11.8. The van der Waals surface area contributed by atoms with Gasteiger partial charge in [0, 0.05) is 0 Å². The van der Waals surface area contributed by atoms with Gasteiger partial charge in [-0.1, -0.05) is 0 Å². The van der Waals surface area contributed by atoms with Gasteiger partial charge in [-0.05, 0) is 0 Å². The van der Waals surface area contributed by atoms with Crippen molar-refractivity contribution in [2.45, 2.75) is 115 Å². The van der Waals surface area contributed by atoms with Crippen LogP contribution in [-0.4, -0.2) is 67.4 Å². The van der Waals surface area contributed by atoms with Gasteiger partial charge in [0.15, 0.2) is 0 Å². The van der Waals surface area contributed by atoms with Crippen LogP contribution in [0.25, 0.3) is 0 Å². The monoisotopic (exact) mass is 561 g/mol. The number of ether oxygens (including phenoxy) is 1. The van der Waals surface area contributed by atoms with E-state index < -0.39 is 23.1 Å². The second-order valence-electron chi connectivity index (χ2n) is 12.9. The van der Waals surface area contributed by atoms with Gasteiger partial charge in [0.25, 0.3) is 0 Å². The number of rotatable bonds is 3. The third-order valence-electron chi connectivity index (χ3n) is 7.33. The molecule has 10 heteroatoms. The van der Waals surface area contributed by atoms with Gasteiger partial charge in [0.05, 0.1) is 0 Å². The van der Waals surface area contributed by atoms with E-state index in [0.717, 1.165) is 0 Å². The van der Waals surface area contributed by atoms with E-state index in [2.05, 4.69) is 96.4 Å². The second kappa shape index (κ2) is 8.66. The van der Waals surface area contributed by atoms with Crippen LogP contribution < -0.4 is 10.3 Å². The molecule has 0 amide bonds. The summed E-state index contributed by atoms with van der Waals surface area (Å²) in [7, 11) is -4.89. The molecular weight excluding hydrogens is 519 g/mol. The van der Waals surface area contributed by atoms with Crippen LogP contribution in [0.15, 0.2) is 17.1 Å². The first-order valence-electron chi connectivity index (χ1n) is 11.7. The van der Waals surface area contributed by atoms with E-state index in [0.29, 0.717) is 11.3 Å². The average Bonchev–Trinajstić information content (AvgIpc) is 2.95. The standard InChI is InChI=1S/C23H41N2O5SeSi2/c1-21(2,3)32(10,11)29-18-17-15(28-19(18)25-13-12-16(26)24-20(25)31)14-27-33(30-17,22(4,5)6)23(7,8)9/h12-13,15,17-19H,14H2,1-11H3/t15-,17-,18-,19-/m1/s1. The number of fused-ring (bicyclic) bond motifs is 1. The fraction of sp³-hybridized carbons (Fsp3) is 0.826. The molecular formula is C23H41N2O5SeSi2. The van der Waals surface area contributed by atoms with Crippen molar-refractivity contribution in [3.05, 3.63) is 22.6 Å². The quantitative estimate of drug-likeness (QED) is 0.524. The number of aromatic nitrogens is 2. The first-order valence-corrected chi connectivity index (χ1v) is 17.3. The zero-order chi connectivity index (χ0) is 25.2. The fourth-order valence-electron chi connectivity index (χ4n) is 4.78. The summed E-state index contributed by atoms with van der Waals surface area (Å²) in [5, 5.41) is -0.261. The van der Waals surface area contributed by atoms with Crippen LogP contribution in [0.4, 0.5) is 0 Å². The summed E-state index contributed by atoms with van der Waals surface area (Å²) >= 11 is 2.91. The van der Waals surface area contributed by atoms with Crippen LogP contribution >= 0.6 is 0 Å². The Hall–Kier alpha value is -0.327. The van der Waals surface area contributed by atoms with Crippen LogP contribution in [0.5, 0.6) is 0 Å². The Kier molecular flexibility index (Phi) is 7.15. The van der Waals surface area contributed by atoms with Gasteiger partial charge in [-0.3, -0.25) is 0 Å².